The number of nitrogens with zero attached hydrogens (tertiary/aromatic N) is 2. The lowest BCUT2D eigenvalue weighted by Crippen LogP contribution is -2.12. The number of ether oxygens (including phenoxy) is 2. The number of methoxy groups -OCH3 is 1. The number of anilines is 1. The Kier molecular flexibility index (Phi) is 4.45. The van der Waals surface area contributed by atoms with E-state index < -0.39 is 11.9 Å². The van der Waals surface area contributed by atoms with Crippen molar-refractivity contribution in [1.29, 1.82) is 0 Å². The maximum absolute atomic E-state index is 12.0. The second-order valence-electron chi connectivity index (χ2n) is 4.52. The highest BCUT2D eigenvalue weighted by molar-refractivity contribution is 6.02. The quantitative estimate of drug-likeness (QED) is 0.864. The molecule has 0 bridgehead atoms. The number of aromatic nitrogens is 2. The molecule has 22 heavy (non-hydrogen) atoms. The van der Waals surface area contributed by atoms with E-state index in [2.05, 4.69) is 5.10 Å². The molecule has 0 aliphatic rings. The number of hydrogen-bond acceptors (Lipinski definition) is 6. The first-order valence-corrected chi connectivity index (χ1v) is 6.71. The van der Waals surface area contributed by atoms with Gasteiger partial charge in [-0.15, -0.1) is 0 Å². The number of aryl methyl sites for hydroxylation is 1. The number of nitrogen functional groups attached to an aromatic ring is 1. The smallest absolute Gasteiger partial charge is 0.361 e. The van der Waals surface area contributed by atoms with E-state index >= 15 is 0 Å². The number of rotatable bonds is 4. The predicted octanol–water partition coefficient (Wildman–Crippen LogP) is 1.73. The van der Waals surface area contributed by atoms with Gasteiger partial charge in [0.2, 0.25) is 0 Å². The third-order valence-corrected chi connectivity index (χ3v) is 3.11. The van der Waals surface area contributed by atoms with Gasteiger partial charge in [-0.25, -0.2) is 14.3 Å². The van der Waals surface area contributed by atoms with E-state index in [0.29, 0.717) is 5.69 Å². The summed E-state index contributed by atoms with van der Waals surface area (Å²) < 4.78 is 11.0. The molecule has 0 unspecified atom stereocenters. The Bertz CT molecular complexity index is 722. The van der Waals surface area contributed by atoms with Gasteiger partial charge < -0.3 is 15.2 Å². The Hall–Kier alpha value is -2.83. The van der Waals surface area contributed by atoms with Crippen molar-refractivity contribution in [1.82, 2.24) is 9.78 Å². The van der Waals surface area contributed by atoms with E-state index in [0.717, 1.165) is 5.56 Å². The molecule has 0 saturated heterocycles. The zero-order chi connectivity index (χ0) is 16.3. The van der Waals surface area contributed by atoms with Crippen molar-refractivity contribution in [3.05, 3.63) is 41.2 Å². The van der Waals surface area contributed by atoms with Crippen LogP contribution in [0, 0.1) is 6.92 Å². The third-order valence-electron chi connectivity index (χ3n) is 3.11. The van der Waals surface area contributed by atoms with Crippen LogP contribution in [0.1, 0.15) is 33.5 Å². The number of carbonyl (C=O) groups is 2. The van der Waals surface area contributed by atoms with Crippen molar-refractivity contribution < 1.29 is 19.1 Å². The van der Waals surface area contributed by atoms with Gasteiger partial charge in [0.25, 0.3) is 0 Å². The fourth-order valence-electron chi connectivity index (χ4n) is 2.05. The SMILES string of the molecule is CCOC(=O)c1nn(-c2ccccc2C)c(C(=O)OC)c1N. The molecule has 7 heteroatoms. The fourth-order valence-corrected chi connectivity index (χ4v) is 2.05. The molecule has 7 nitrogen and oxygen atoms in total. The lowest BCUT2D eigenvalue weighted by molar-refractivity contribution is 0.0519. The first kappa shape index (κ1) is 15.6. The molecule has 0 saturated carbocycles. The highest BCUT2D eigenvalue weighted by Gasteiger charge is 2.28. The molecule has 116 valence electrons. The Morgan fingerprint density at radius 2 is 1.95 bits per heavy atom. The molecular formula is C15H17N3O4. The first-order chi connectivity index (χ1) is 10.5. The molecule has 0 fully saturated rings. The molecule has 0 amide bonds. The summed E-state index contributed by atoms with van der Waals surface area (Å²) in [5.41, 5.74) is 7.24. The lowest BCUT2D eigenvalue weighted by atomic mass is 10.2. The van der Waals surface area contributed by atoms with Crippen LogP contribution in [0.3, 0.4) is 0 Å². The van der Waals surface area contributed by atoms with Crippen LogP contribution in [0.25, 0.3) is 5.69 Å². The first-order valence-electron chi connectivity index (χ1n) is 6.71. The molecule has 0 spiro atoms. The van der Waals surface area contributed by atoms with E-state index in [9.17, 15) is 9.59 Å². The van der Waals surface area contributed by atoms with Crippen molar-refractivity contribution in [2.75, 3.05) is 19.5 Å². The molecule has 1 heterocycles. The van der Waals surface area contributed by atoms with Gasteiger partial charge in [0.1, 0.15) is 5.69 Å². The summed E-state index contributed by atoms with van der Waals surface area (Å²) in [6, 6.07) is 7.28. The predicted molar refractivity (Wildman–Crippen MR) is 80.0 cm³/mol. The van der Waals surface area contributed by atoms with E-state index in [1.165, 1.54) is 11.8 Å². The van der Waals surface area contributed by atoms with Crippen molar-refractivity contribution in [2.45, 2.75) is 13.8 Å². The molecule has 1 aromatic carbocycles. The van der Waals surface area contributed by atoms with Gasteiger partial charge in [0, 0.05) is 0 Å². The van der Waals surface area contributed by atoms with Gasteiger partial charge in [0.15, 0.2) is 11.4 Å². The maximum atomic E-state index is 12.0. The number of carbonyl (C=O) groups excluding carboxylic acids is 2. The summed E-state index contributed by atoms with van der Waals surface area (Å²) in [6.07, 6.45) is 0. The molecule has 0 aliphatic carbocycles. The van der Waals surface area contributed by atoms with Crippen molar-refractivity contribution in [3.63, 3.8) is 0 Å². The lowest BCUT2D eigenvalue weighted by Gasteiger charge is -2.08. The van der Waals surface area contributed by atoms with Crippen LogP contribution < -0.4 is 5.73 Å². The van der Waals surface area contributed by atoms with Crippen molar-refractivity contribution in [2.24, 2.45) is 0 Å². The Morgan fingerprint density at radius 3 is 2.55 bits per heavy atom. The van der Waals surface area contributed by atoms with Crippen molar-refractivity contribution >= 4 is 17.6 Å². The van der Waals surface area contributed by atoms with E-state index in [1.54, 1.807) is 19.1 Å². The minimum atomic E-state index is -0.683. The summed E-state index contributed by atoms with van der Waals surface area (Å²) in [7, 11) is 1.24. The maximum Gasteiger partial charge on any atom is 0.361 e. The largest absolute Gasteiger partial charge is 0.464 e. The standard InChI is InChI=1S/C15H17N3O4/c1-4-22-14(19)12-11(16)13(15(20)21-3)18(17-12)10-8-6-5-7-9(10)2/h5-8H,4,16H2,1-3H3. The second kappa shape index (κ2) is 6.30. The van der Waals surface area contributed by atoms with Crippen LogP contribution in [-0.4, -0.2) is 35.4 Å². The van der Waals surface area contributed by atoms with Gasteiger partial charge in [-0.3, -0.25) is 0 Å². The molecule has 2 rings (SSSR count). The Balaban J connectivity index is 2.67. The molecule has 1 aromatic heterocycles. The van der Waals surface area contributed by atoms with Crippen molar-refractivity contribution in [3.8, 4) is 5.69 Å². The molecule has 0 radical (unpaired) electrons. The number of hydrogen-bond donors (Lipinski definition) is 1. The number of para-hydroxylation sites is 1. The van der Waals surface area contributed by atoms with Crippen LogP contribution in [0.5, 0.6) is 0 Å². The molecule has 0 atom stereocenters. The van der Waals surface area contributed by atoms with Gasteiger partial charge >= 0.3 is 11.9 Å². The number of esters is 2. The van der Waals surface area contributed by atoms with Gasteiger partial charge in [-0.2, -0.15) is 5.10 Å². The summed E-state index contributed by atoms with van der Waals surface area (Å²) in [4.78, 5) is 23.9. The van der Waals surface area contributed by atoms with E-state index in [1.807, 2.05) is 19.1 Å². The minimum absolute atomic E-state index is 0.000136. The van der Waals surface area contributed by atoms with Crippen LogP contribution in [0.2, 0.25) is 0 Å². The molecular weight excluding hydrogens is 286 g/mol. The van der Waals surface area contributed by atoms with Crippen LogP contribution in [0.4, 0.5) is 5.69 Å². The Labute approximate surface area is 127 Å². The average molecular weight is 303 g/mol. The second-order valence-corrected chi connectivity index (χ2v) is 4.52. The molecule has 2 aromatic rings. The third kappa shape index (κ3) is 2.65. The van der Waals surface area contributed by atoms with Crippen LogP contribution in [-0.2, 0) is 9.47 Å². The monoisotopic (exact) mass is 303 g/mol. The van der Waals surface area contributed by atoms with Crippen LogP contribution >= 0.6 is 0 Å². The highest BCUT2D eigenvalue weighted by Crippen LogP contribution is 2.24. The zero-order valence-electron chi connectivity index (χ0n) is 12.6. The fraction of sp³-hybridized carbons (Fsp3) is 0.267. The van der Waals surface area contributed by atoms with Gasteiger partial charge in [-0.1, -0.05) is 18.2 Å². The summed E-state index contributed by atoms with van der Waals surface area (Å²) in [5, 5.41) is 4.14. The number of nitrogens with two attached hydrogens (primary N) is 1. The van der Waals surface area contributed by atoms with E-state index in [-0.39, 0.29) is 23.7 Å². The van der Waals surface area contributed by atoms with Crippen LogP contribution in [0.15, 0.2) is 24.3 Å². The molecule has 2 N–H and O–H groups in total. The summed E-state index contributed by atoms with van der Waals surface area (Å²) in [5.74, 6) is -1.36. The topological polar surface area (TPSA) is 96.4 Å². The normalized spacial score (nSPS) is 10.3. The minimum Gasteiger partial charge on any atom is -0.464 e. The average Bonchev–Trinajstić information content (AvgIpc) is 2.84. The van der Waals surface area contributed by atoms with Gasteiger partial charge in [-0.05, 0) is 25.5 Å². The van der Waals surface area contributed by atoms with Gasteiger partial charge in [0.05, 0.1) is 19.4 Å². The zero-order valence-corrected chi connectivity index (χ0v) is 12.6. The highest BCUT2D eigenvalue weighted by atomic mass is 16.5. The number of benzene rings is 1. The summed E-state index contributed by atoms with van der Waals surface area (Å²) in [6.45, 7) is 3.72. The summed E-state index contributed by atoms with van der Waals surface area (Å²) >= 11 is 0. The van der Waals surface area contributed by atoms with E-state index in [4.69, 9.17) is 15.2 Å². The molecule has 0 aliphatic heterocycles. The Morgan fingerprint density at radius 1 is 1.27 bits per heavy atom.